The van der Waals surface area contributed by atoms with Gasteiger partial charge in [-0.15, -0.1) is 10.2 Å². The van der Waals surface area contributed by atoms with Crippen molar-refractivity contribution in [1.29, 1.82) is 0 Å². The van der Waals surface area contributed by atoms with Gasteiger partial charge in [-0.1, -0.05) is 43.8 Å². The zero-order valence-electron chi connectivity index (χ0n) is 12.2. The summed E-state index contributed by atoms with van der Waals surface area (Å²) in [4.78, 5) is 4.53. The summed E-state index contributed by atoms with van der Waals surface area (Å²) >= 11 is 1.61. The maximum atomic E-state index is 5.97. The molecule has 2 heterocycles. The van der Waals surface area contributed by atoms with Crippen LogP contribution in [-0.4, -0.2) is 27.2 Å². The Labute approximate surface area is 128 Å². The topological polar surface area (TPSA) is 59.9 Å². The predicted octanol–water partition coefficient (Wildman–Crippen LogP) is 3.58. The Kier molecular flexibility index (Phi) is 4.24. The van der Waals surface area contributed by atoms with Crippen LogP contribution >= 0.6 is 11.8 Å². The van der Waals surface area contributed by atoms with Crippen LogP contribution in [0.15, 0.2) is 29.4 Å². The van der Waals surface area contributed by atoms with Crippen LogP contribution in [0.3, 0.4) is 0 Å². The molecule has 0 amide bonds. The highest BCUT2D eigenvalue weighted by atomic mass is 32.2. The smallest absolute Gasteiger partial charge is 0.247 e. The minimum absolute atomic E-state index is 0.104. The summed E-state index contributed by atoms with van der Waals surface area (Å²) in [6.45, 7) is 4.21. The zero-order valence-corrected chi connectivity index (χ0v) is 13.0. The second kappa shape index (κ2) is 6.30. The van der Waals surface area contributed by atoms with Crippen molar-refractivity contribution >= 4 is 17.4 Å². The van der Waals surface area contributed by atoms with Crippen molar-refractivity contribution in [2.24, 2.45) is 0 Å². The maximum Gasteiger partial charge on any atom is 0.247 e. The number of aromatic nitrogens is 3. The van der Waals surface area contributed by atoms with E-state index in [2.05, 4.69) is 34.3 Å². The standard InChI is InChI=1S/C15H18N4OS/c1-3-9-21-15-17-14-13(18-19-15)10-7-5-6-8-11(10)16-12(4-2)20-14/h5-8,12,16H,3-4,9H2,1-2H3/t12-/m0/s1. The van der Waals surface area contributed by atoms with Crippen molar-refractivity contribution in [3.05, 3.63) is 24.3 Å². The fourth-order valence-electron chi connectivity index (χ4n) is 2.14. The second-order valence-electron chi connectivity index (χ2n) is 4.80. The molecule has 1 aliphatic heterocycles. The first-order chi connectivity index (χ1) is 10.3. The highest BCUT2D eigenvalue weighted by Gasteiger charge is 2.23. The summed E-state index contributed by atoms with van der Waals surface area (Å²) in [6, 6.07) is 8.02. The molecule has 21 heavy (non-hydrogen) atoms. The van der Waals surface area contributed by atoms with E-state index in [1.165, 1.54) is 0 Å². The van der Waals surface area contributed by atoms with E-state index in [0.29, 0.717) is 16.7 Å². The fraction of sp³-hybridized carbons (Fsp3) is 0.400. The Bertz CT molecular complexity index is 635. The molecular weight excluding hydrogens is 284 g/mol. The molecule has 1 N–H and O–H groups in total. The van der Waals surface area contributed by atoms with Gasteiger partial charge in [-0.05, 0) is 12.5 Å². The first kappa shape index (κ1) is 14.1. The minimum Gasteiger partial charge on any atom is -0.452 e. The fourth-order valence-corrected chi connectivity index (χ4v) is 2.77. The molecule has 0 aliphatic carbocycles. The van der Waals surface area contributed by atoms with Crippen molar-refractivity contribution < 1.29 is 4.74 Å². The van der Waals surface area contributed by atoms with Gasteiger partial charge in [0.25, 0.3) is 0 Å². The van der Waals surface area contributed by atoms with E-state index in [1.807, 2.05) is 24.3 Å². The molecule has 6 heteroatoms. The predicted molar refractivity (Wildman–Crippen MR) is 84.6 cm³/mol. The number of hydrogen-bond donors (Lipinski definition) is 1. The molecule has 0 saturated heterocycles. The van der Waals surface area contributed by atoms with Gasteiger partial charge in [0.15, 0.2) is 11.9 Å². The van der Waals surface area contributed by atoms with E-state index in [4.69, 9.17) is 4.74 Å². The molecule has 5 nitrogen and oxygen atoms in total. The lowest BCUT2D eigenvalue weighted by Gasteiger charge is -2.16. The first-order valence-electron chi connectivity index (χ1n) is 7.22. The monoisotopic (exact) mass is 302 g/mol. The average molecular weight is 302 g/mol. The molecular formula is C15H18N4OS. The van der Waals surface area contributed by atoms with Crippen LogP contribution in [-0.2, 0) is 0 Å². The Morgan fingerprint density at radius 3 is 2.90 bits per heavy atom. The van der Waals surface area contributed by atoms with Crippen molar-refractivity contribution in [3.63, 3.8) is 0 Å². The number of nitrogens with one attached hydrogen (secondary N) is 1. The molecule has 0 bridgehead atoms. The highest BCUT2D eigenvalue weighted by molar-refractivity contribution is 7.99. The van der Waals surface area contributed by atoms with Crippen molar-refractivity contribution in [2.75, 3.05) is 11.1 Å². The number of nitrogens with zero attached hydrogens (tertiary/aromatic N) is 3. The lowest BCUT2D eigenvalue weighted by Crippen LogP contribution is -2.24. The number of benzene rings is 1. The van der Waals surface area contributed by atoms with Crippen LogP contribution in [0.2, 0.25) is 0 Å². The molecule has 0 fully saturated rings. The third-order valence-electron chi connectivity index (χ3n) is 3.19. The molecule has 2 aromatic rings. The largest absolute Gasteiger partial charge is 0.452 e. The Morgan fingerprint density at radius 1 is 1.24 bits per heavy atom. The summed E-state index contributed by atoms with van der Waals surface area (Å²) in [5.41, 5.74) is 2.69. The molecule has 3 rings (SSSR count). The van der Waals surface area contributed by atoms with Crippen molar-refractivity contribution in [1.82, 2.24) is 15.2 Å². The van der Waals surface area contributed by atoms with Crippen LogP contribution in [0.4, 0.5) is 5.69 Å². The van der Waals surface area contributed by atoms with Crippen LogP contribution in [0.1, 0.15) is 26.7 Å². The zero-order chi connectivity index (χ0) is 14.7. The van der Waals surface area contributed by atoms with Crippen LogP contribution in [0.5, 0.6) is 5.88 Å². The van der Waals surface area contributed by atoms with E-state index >= 15 is 0 Å². The molecule has 0 saturated carbocycles. The van der Waals surface area contributed by atoms with Gasteiger partial charge >= 0.3 is 0 Å². The molecule has 0 radical (unpaired) electrons. The second-order valence-corrected chi connectivity index (χ2v) is 5.86. The summed E-state index contributed by atoms with van der Waals surface area (Å²) < 4.78 is 5.97. The maximum absolute atomic E-state index is 5.97. The van der Waals surface area contributed by atoms with Gasteiger partial charge in [-0.2, -0.15) is 4.98 Å². The average Bonchev–Trinajstić information content (AvgIpc) is 2.68. The summed E-state index contributed by atoms with van der Waals surface area (Å²) in [6.07, 6.45) is 1.82. The van der Waals surface area contributed by atoms with Crippen LogP contribution < -0.4 is 10.1 Å². The number of thioether (sulfide) groups is 1. The molecule has 0 spiro atoms. The summed E-state index contributed by atoms with van der Waals surface area (Å²) in [7, 11) is 0. The van der Waals surface area contributed by atoms with Gasteiger partial charge in [0.05, 0.1) is 0 Å². The summed E-state index contributed by atoms with van der Waals surface area (Å²) in [5.74, 6) is 1.54. The molecule has 0 unspecified atom stereocenters. The highest BCUT2D eigenvalue weighted by Crippen LogP contribution is 2.36. The molecule has 1 aromatic heterocycles. The summed E-state index contributed by atoms with van der Waals surface area (Å²) in [5, 5.41) is 12.6. The van der Waals surface area contributed by atoms with Gasteiger partial charge in [0.1, 0.15) is 0 Å². The van der Waals surface area contributed by atoms with E-state index < -0.39 is 0 Å². The molecule has 1 aromatic carbocycles. The number of fused-ring (bicyclic) bond motifs is 3. The third kappa shape index (κ3) is 2.95. The Balaban J connectivity index is 2.04. The number of hydrogen-bond acceptors (Lipinski definition) is 6. The number of anilines is 1. The molecule has 1 aliphatic rings. The van der Waals surface area contributed by atoms with Gasteiger partial charge in [0, 0.05) is 23.4 Å². The van der Waals surface area contributed by atoms with E-state index in [9.17, 15) is 0 Å². The van der Waals surface area contributed by atoms with Crippen LogP contribution in [0.25, 0.3) is 11.3 Å². The van der Waals surface area contributed by atoms with E-state index in [0.717, 1.165) is 29.8 Å². The Morgan fingerprint density at radius 2 is 2.10 bits per heavy atom. The lowest BCUT2D eigenvalue weighted by molar-refractivity contribution is 0.216. The minimum atomic E-state index is -0.104. The SMILES string of the molecule is CCCSc1nnc2c(n1)O[C@@H](CC)Nc1ccccc1-2. The van der Waals surface area contributed by atoms with Crippen molar-refractivity contribution in [3.8, 4) is 17.1 Å². The van der Waals surface area contributed by atoms with Gasteiger partial charge in [-0.3, -0.25) is 0 Å². The van der Waals surface area contributed by atoms with Gasteiger partial charge < -0.3 is 10.1 Å². The van der Waals surface area contributed by atoms with E-state index in [-0.39, 0.29) is 6.23 Å². The number of ether oxygens (including phenoxy) is 1. The van der Waals surface area contributed by atoms with E-state index in [1.54, 1.807) is 11.8 Å². The number of rotatable bonds is 4. The van der Waals surface area contributed by atoms with Gasteiger partial charge in [0.2, 0.25) is 11.0 Å². The first-order valence-corrected chi connectivity index (χ1v) is 8.20. The molecule has 1 atom stereocenters. The van der Waals surface area contributed by atoms with Crippen LogP contribution in [0, 0.1) is 0 Å². The quantitative estimate of drug-likeness (QED) is 0.871. The van der Waals surface area contributed by atoms with Gasteiger partial charge in [-0.25, -0.2) is 0 Å². The van der Waals surface area contributed by atoms with Crippen molar-refractivity contribution in [2.45, 2.75) is 38.1 Å². The third-order valence-corrected chi connectivity index (χ3v) is 4.24. The Hall–Kier alpha value is -1.82. The molecule has 110 valence electrons. The number of para-hydroxylation sites is 1. The normalized spacial score (nSPS) is 16.2. The lowest BCUT2D eigenvalue weighted by atomic mass is 10.1.